The quantitative estimate of drug-likeness (QED) is 0.260. The number of esters is 2. The van der Waals surface area contributed by atoms with Crippen molar-refractivity contribution in [2.75, 3.05) is 13.7 Å². The molecule has 0 spiro atoms. The SMILES string of the molecule is [B]C(C)(C)C(C)(C(=O)OCCCC)C(C)(C)C([B])(C)C(C)(CC(C)(C)C)C(=O)OC. The Bertz CT molecular complexity index is 614. The van der Waals surface area contributed by atoms with E-state index in [1.165, 1.54) is 7.11 Å². The number of ether oxygens (including phenoxy) is 2. The van der Waals surface area contributed by atoms with Gasteiger partial charge in [-0.2, -0.15) is 0 Å². The lowest BCUT2D eigenvalue weighted by molar-refractivity contribution is -0.178. The van der Waals surface area contributed by atoms with E-state index < -0.39 is 38.8 Å². The number of methoxy groups -OCH3 is 1. The second kappa shape index (κ2) is 9.28. The predicted octanol–water partition coefficient (Wildman–Crippen LogP) is 5.69. The summed E-state index contributed by atoms with van der Waals surface area (Å²) < 4.78 is 10.9. The van der Waals surface area contributed by atoms with Gasteiger partial charge in [-0.25, -0.2) is 0 Å². The van der Waals surface area contributed by atoms with Crippen LogP contribution in [0.5, 0.6) is 0 Å². The Labute approximate surface area is 188 Å². The summed E-state index contributed by atoms with van der Waals surface area (Å²) in [5, 5.41) is -2.12. The van der Waals surface area contributed by atoms with Crippen molar-refractivity contribution in [2.24, 2.45) is 21.7 Å². The van der Waals surface area contributed by atoms with Gasteiger partial charge < -0.3 is 9.47 Å². The number of carbonyl (C=O) groups is 2. The smallest absolute Gasteiger partial charge is 0.312 e. The van der Waals surface area contributed by atoms with Gasteiger partial charge in [0.05, 0.1) is 40.2 Å². The van der Waals surface area contributed by atoms with Crippen molar-refractivity contribution in [1.82, 2.24) is 0 Å². The summed E-state index contributed by atoms with van der Waals surface area (Å²) in [4.78, 5) is 26.6. The minimum absolute atomic E-state index is 0.198. The van der Waals surface area contributed by atoms with Crippen molar-refractivity contribution in [1.29, 1.82) is 0 Å². The number of rotatable bonds is 10. The van der Waals surface area contributed by atoms with Crippen LogP contribution >= 0.6 is 0 Å². The van der Waals surface area contributed by atoms with Crippen LogP contribution in [0.15, 0.2) is 0 Å². The highest BCUT2D eigenvalue weighted by atomic mass is 16.5. The summed E-state index contributed by atoms with van der Waals surface area (Å²) in [5.41, 5.74) is -3.38. The molecule has 3 unspecified atom stereocenters. The summed E-state index contributed by atoms with van der Waals surface area (Å²) >= 11 is 0. The zero-order valence-corrected chi connectivity index (χ0v) is 21.6. The number of hydrogen-bond acceptors (Lipinski definition) is 4. The second-order valence-electron chi connectivity index (χ2n) is 11.7. The van der Waals surface area contributed by atoms with Crippen molar-refractivity contribution in [2.45, 2.75) is 106 Å². The molecule has 0 amide bonds. The predicted molar refractivity (Wildman–Crippen MR) is 126 cm³/mol. The Morgan fingerprint density at radius 1 is 0.833 bits per heavy atom. The fraction of sp³-hybridized carbons (Fsp3) is 0.917. The molecule has 4 nitrogen and oxygen atoms in total. The van der Waals surface area contributed by atoms with Crippen LogP contribution in [0, 0.1) is 21.7 Å². The Balaban J connectivity index is 6.73. The lowest BCUT2D eigenvalue weighted by Crippen LogP contribution is -2.60. The molecule has 0 aliphatic heterocycles. The molecule has 3 atom stereocenters. The third-order valence-corrected chi connectivity index (χ3v) is 7.64. The fourth-order valence-corrected chi connectivity index (χ4v) is 4.74. The molecular weight excluding hydrogens is 374 g/mol. The molecule has 0 aromatic rings. The zero-order chi connectivity index (χ0) is 24.4. The van der Waals surface area contributed by atoms with Crippen LogP contribution in [0.3, 0.4) is 0 Å². The van der Waals surface area contributed by atoms with Crippen LogP contribution in [0.4, 0.5) is 0 Å². The minimum Gasteiger partial charge on any atom is -0.469 e. The summed E-state index contributed by atoms with van der Waals surface area (Å²) in [5.74, 6) is -0.792. The van der Waals surface area contributed by atoms with E-state index in [1.807, 2.05) is 48.5 Å². The molecule has 170 valence electrons. The van der Waals surface area contributed by atoms with E-state index in [0.717, 1.165) is 12.8 Å². The molecule has 0 bridgehead atoms. The number of hydrogen-bond donors (Lipinski definition) is 0. The first-order chi connectivity index (χ1) is 13.2. The Morgan fingerprint density at radius 3 is 1.63 bits per heavy atom. The fourth-order valence-electron chi connectivity index (χ4n) is 4.74. The standard InChI is InChI=1S/C24H44B2O4/c1-13-14-15-30-18(28)23(10,21(7,8)25)20(5,6)24(11,26)22(9,17(27)29-12)16-19(2,3)4/h13-16H2,1-12H3. The van der Waals surface area contributed by atoms with Gasteiger partial charge in [0.15, 0.2) is 0 Å². The van der Waals surface area contributed by atoms with Crippen molar-refractivity contribution in [3.63, 3.8) is 0 Å². The second-order valence-corrected chi connectivity index (χ2v) is 11.7. The van der Waals surface area contributed by atoms with Crippen molar-refractivity contribution in [3.8, 4) is 0 Å². The van der Waals surface area contributed by atoms with Gasteiger partial charge in [0.25, 0.3) is 0 Å². The van der Waals surface area contributed by atoms with Crippen LogP contribution in [-0.4, -0.2) is 41.3 Å². The topological polar surface area (TPSA) is 52.6 Å². The average Bonchev–Trinajstić information content (AvgIpc) is 2.57. The maximum atomic E-state index is 13.5. The first-order valence-corrected chi connectivity index (χ1v) is 11.0. The highest BCUT2D eigenvalue weighted by Crippen LogP contribution is 2.70. The molecule has 6 heteroatoms. The van der Waals surface area contributed by atoms with Crippen molar-refractivity contribution >= 4 is 27.6 Å². The molecule has 0 aliphatic rings. The Hall–Kier alpha value is -0.930. The molecular formula is C24H44B2O4. The summed E-state index contributed by atoms with van der Waals surface area (Å²) in [6.07, 6.45) is 2.17. The van der Waals surface area contributed by atoms with E-state index in [9.17, 15) is 9.59 Å². The van der Waals surface area contributed by atoms with Gasteiger partial charge in [-0.05, 0) is 42.8 Å². The maximum Gasteiger partial charge on any atom is 0.312 e. The lowest BCUT2D eigenvalue weighted by atomic mass is 9.32. The molecule has 0 aromatic carbocycles. The Kier molecular flexibility index (Phi) is 9.00. The van der Waals surface area contributed by atoms with Crippen molar-refractivity contribution in [3.05, 3.63) is 0 Å². The molecule has 0 saturated heterocycles. The van der Waals surface area contributed by atoms with Gasteiger partial charge in [0, 0.05) is 0 Å². The van der Waals surface area contributed by atoms with Gasteiger partial charge in [-0.15, -0.1) is 0 Å². The van der Waals surface area contributed by atoms with E-state index in [4.69, 9.17) is 25.2 Å². The number of carbonyl (C=O) groups excluding carboxylic acids is 2. The van der Waals surface area contributed by atoms with E-state index in [2.05, 4.69) is 20.8 Å². The molecule has 0 saturated carbocycles. The number of unbranched alkanes of at least 4 members (excludes halogenated alkanes) is 1. The summed E-state index contributed by atoms with van der Waals surface area (Å²) in [6.45, 7) is 21.4. The molecule has 0 rings (SSSR count). The van der Waals surface area contributed by atoms with Crippen LogP contribution < -0.4 is 0 Å². The monoisotopic (exact) mass is 418 g/mol. The first-order valence-electron chi connectivity index (χ1n) is 11.0. The van der Waals surface area contributed by atoms with Gasteiger partial charge in [-0.1, -0.05) is 74.0 Å². The highest BCUT2D eigenvalue weighted by molar-refractivity contribution is 6.20. The van der Waals surface area contributed by atoms with Gasteiger partial charge in [-0.3, -0.25) is 9.59 Å². The van der Waals surface area contributed by atoms with Crippen LogP contribution in [0.25, 0.3) is 0 Å². The van der Waals surface area contributed by atoms with Gasteiger partial charge >= 0.3 is 11.9 Å². The minimum atomic E-state index is -1.18. The van der Waals surface area contributed by atoms with E-state index >= 15 is 0 Å². The van der Waals surface area contributed by atoms with E-state index in [-0.39, 0.29) is 5.41 Å². The summed E-state index contributed by atoms with van der Waals surface area (Å²) in [7, 11) is 15.0. The average molecular weight is 418 g/mol. The zero-order valence-electron chi connectivity index (χ0n) is 21.6. The van der Waals surface area contributed by atoms with Gasteiger partial charge in [0.1, 0.15) is 0 Å². The van der Waals surface area contributed by atoms with E-state index in [0.29, 0.717) is 13.0 Å². The molecule has 0 N–H and O–H groups in total. The third-order valence-electron chi connectivity index (χ3n) is 7.64. The third kappa shape index (κ3) is 5.10. The molecule has 4 radical (unpaired) electrons. The van der Waals surface area contributed by atoms with Crippen molar-refractivity contribution < 1.29 is 19.1 Å². The molecule has 30 heavy (non-hydrogen) atoms. The lowest BCUT2D eigenvalue weighted by Gasteiger charge is -2.62. The summed E-state index contributed by atoms with van der Waals surface area (Å²) in [6, 6.07) is 0. The molecule has 0 fully saturated rings. The normalized spacial score (nSPS) is 19.2. The van der Waals surface area contributed by atoms with E-state index in [1.54, 1.807) is 6.92 Å². The van der Waals surface area contributed by atoms with Crippen LogP contribution in [0.1, 0.15) is 95.4 Å². The largest absolute Gasteiger partial charge is 0.469 e. The van der Waals surface area contributed by atoms with Gasteiger partial charge in [0.2, 0.25) is 0 Å². The van der Waals surface area contributed by atoms with Crippen LogP contribution in [0.2, 0.25) is 10.6 Å². The Morgan fingerprint density at radius 2 is 1.30 bits per heavy atom. The molecule has 0 heterocycles. The maximum absolute atomic E-state index is 13.5. The first kappa shape index (κ1) is 29.1. The highest BCUT2D eigenvalue weighted by Gasteiger charge is 2.66. The van der Waals surface area contributed by atoms with Crippen LogP contribution in [-0.2, 0) is 19.1 Å². The molecule has 0 aliphatic carbocycles. The molecule has 0 aromatic heterocycles.